The maximum absolute atomic E-state index is 12.6. The van der Waals surface area contributed by atoms with Crippen LogP contribution in [0.2, 0.25) is 0 Å². The summed E-state index contributed by atoms with van der Waals surface area (Å²) in [5, 5.41) is 2.80. The standard InChI is InChI=1S/C21H17N3O2S2/c1-15-5-7-19(8-6-15)28(25,26)24-18-4-2-3-17(13-18)21-23-20(14-27-21)16-9-11-22-12-10-16/h2-14,24H,1H3. The van der Waals surface area contributed by atoms with E-state index in [2.05, 4.69) is 14.7 Å². The topological polar surface area (TPSA) is 72.0 Å². The fraction of sp³-hybridized carbons (Fsp3) is 0.0476. The Bertz CT molecular complexity index is 1200. The Hall–Kier alpha value is -3.03. The molecule has 5 nitrogen and oxygen atoms in total. The largest absolute Gasteiger partial charge is 0.280 e. The lowest BCUT2D eigenvalue weighted by molar-refractivity contribution is 0.601. The molecule has 0 spiro atoms. The normalized spacial score (nSPS) is 11.3. The van der Waals surface area contributed by atoms with Crippen LogP contribution < -0.4 is 4.72 Å². The van der Waals surface area contributed by atoms with Crippen molar-refractivity contribution in [2.45, 2.75) is 11.8 Å². The second-order valence-electron chi connectivity index (χ2n) is 6.27. The monoisotopic (exact) mass is 407 g/mol. The molecule has 0 fully saturated rings. The Kier molecular flexibility index (Phi) is 4.93. The highest BCUT2D eigenvalue weighted by atomic mass is 32.2. The third kappa shape index (κ3) is 3.95. The average molecular weight is 408 g/mol. The van der Waals surface area contributed by atoms with Crippen LogP contribution in [0.15, 0.2) is 83.3 Å². The zero-order valence-corrected chi connectivity index (χ0v) is 16.7. The van der Waals surface area contributed by atoms with Crippen LogP contribution in [0.1, 0.15) is 5.56 Å². The van der Waals surface area contributed by atoms with Gasteiger partial charge in [0, 0.05) is 34.6 Å². The van der Waals surface area contributed by atoms with Gasteiger partial charge in [-0.1, -0.05) is 29.8 Å². The minimum Gasteiger partial charge on any atom is -0.280 e. The molecule has 0 saturated carbocycles. The van der Waals surface area contributed by atoms with Crippen molar-refractivity contribution in [3.8, 4) is 21.8 Å². The molecular formula is C21H17N3O2S2. The Balaban J connectivity index is 1.60. The first-order valence-electron chi connectivity index (χ1n) is 8.57. The molecule has 0 aliphatic carbocycles. The number of anilines is 1. The number of sulfonamides is 1. The van der Waals surface area contributed by atoms with Crippen LogP contribution in [0.3, 0.4) is 0 Å². The smallest absolute Gasteiger partial charge is 0.261 e. The van der Waals surface area contributed by atoms with E-state index < -0.39 is 10.0 Å². The first-order valence-corrected chi connectivity index (χ1v) is 10.9. The van der Waals surface area contributed by atoms with Crippen LogP contribution in [0.4, 0.5) is 5.69 Å². The molecule has 4 rings (SSSR count). The van der Waals surface area contributed by atoms with Gasteiger partial charge in [-0.05, 0) is 43.3 Å². The molecule has 1 N–H and O–H groups in total. The van der Waals surface area contributed by atoms with Crippen LogP contribution in [-0.2, 0) is 10.0 Å². The summed E-state index contributed by atoms with van der Waals surface area (Å²) >= 11 is 1.51. The summed E-state index contributed by atoms with van der Waals surface area (Å²) in [6.45, 7) is 1.92. The van der Waals surface area contributed by atoms with Crippen molar-refractivity contribution >= 4 is 27.0 Å². The van der Waals surface area contributed by atoms with Crippen molar-refractivity contribution in [1.82, 2.24) is 9.97 Å². The van der Waals surface area contributed by atoms with Crippen molar-refractivity contribution in [3.05, 3.63) is 84.0 Å². The highest BCUT2D eigenvalue weighted by molar-refractivity contribution is 7.92. The van der Waals surface area contributed by atoms with E-state index in [4.69, 9.17) is 0 Å². The Morgan fingerprint density at radius 1 is 0.929 bits per heavy atom. The molecule has 0 bridgehead atoms. The lowest BCUT2D eigenvalue weighted by Gasteiger charge is -2.09. The third-order valence-electron chi connectivity index (χ3n) is 4.17. The summed E-state index contributed by atoms with van der Waals surface area (Å²) in [6.07, 6.45) is 3.46. The molecule has 4 aromatic rings. The molecule has 0 saturated heterocycles. The number of nitrogens with zero attached hydrogens (tertiary/aromatic N) is 2. The maximum atomic E-state index is 12.6. The highest BCUT2D eigenvalue weighted by Gasteiger charge is 2.15. The summed E-state index contributed by atoms with van der Waals surface area (Å²) in [4.78, 5) is 8.93. The molecule has 140 valence electrons. The number of benzene rings is 2. The zero-order valence-electron chi connectivity index (χ0n) is 15.0. The molecule has 0 unspecified atom stereocenters. The van der Waals surface area contributed by atoms with Gasteiger partial charge in [-0.2, -0.15) is 0 Å². The SMILES string of the molecule is Cc1ccc(S(=O)(=O)Nc2cccc(-c3nc(-c4ccncc4)cs3)c2)cc1. The average Bonchev–Trinajstić information content (AvgIpc) is 3.19. The third-order valence-corrected chi connectivity index (χ3v) is 6.46. The molecule has 0 aliphatic heterocycles. The first kappa shape index (κ1) is 18.3. The summed E-state index contributed by atoms with van der Waals surface area (Å²) in [7, 11) is -3.64. The van der Waals surface area contributed by atoms with Crippen LogP contribution >= 0.6 is 11.3 Å². The Labute approximate surface area is 167 Å². The molecule has 28 heavy (non-hydrogen) atoms. The number of thiazole rings is 1. The number of aromatic nitrogens is 2. The second kappa shape index (κ2) is 7.53. The highest BCUT2D eigenvalue weighted by Crippen LogP contribution is 2.30. The quantitative estimate of drug-likeness (QED) is 0.506. The van der Waals surface area contributed by atoms with Gasteiger partial charge in [0.15, 0.2) is 0 Å². The fourth-order valence-corrected chi connectivity index (χ4v) is 4.58. The van der Waals surface area contributed by atoms with E-state index in [0.29, 0.717) is 5.69 Å². The predicted molar refractivity (Wildman–Crippen MR) is 113 cm³/mol. The molecule has 2 aromatic carbocycles. The van der Waals surface area contributed by atoms with E-state index in [9.17, 15) is 8.42 Å². The molecule has 0 aliphatic rings. The molecule has 0 amide bonds. The van der Waals surface area contributed by atoms with Gasteiger partial charge in [0.05, 0.1) is 10.6 Å². The Morgan fingerprint density at radius 2 is 1.68 bits per heavy atom. The van der Waals surface area contributed by atoms with Crippen LogP contribution in [0.25, 0.3) is 21.8 Å². The predicted octanol–water partition coefficient (Wildman–Crippen LogP) is 4.98. The number of hydrogen-bond donors (Lipinski definition) is 1. The van der Waals surface area contributed by atoms with Crippen LogP contribution in [0, 0.1) is 6.92 Å². The van der Waals surface area contributed by atoms with E-state index in [1.165, 1.54) is 11.3 Å². The van der Waals surface area contributed by atoms with Crippen molar-refractivity contribution < 1.29 is 8.42 Å². The number of rotatable bonds is 5. The summed E-state index contributed by atoms with van der Waals surface area (Å²) < 4.78 is 27.9. The van der Waals surface area contributed by atoms with Crippen molar-refractivity contribution in [2.24, 2.45) is 0 Å². The molecule has 0 radical (unpaired) electrons. The summed E-state index contributed by atoms with van der Waals surface area (Å²) in [5.74, 6) is 0. The second-order valence-corrected chi connectivity index (χ2v) is 8.81. The van der Waals surface area contributed by atoms with Gasteiger partial charge in [0.2, 0.25) is 0 Å². The van der Waals surface area contributed by atoms with Gasteiger partial charge in [-0.15, -0.1) is 11.3 Å². The molecular weight excluding hydrogens is 390 g/mol. The van der Waals surface area contributed by atoms with Gasteiger partial charge in [0.25, 0.3) is 10.0 Å². The molecule has 7 heteroatoms. The van der Waals surface area contributed by atoms with Crippen LogP contribution in [0.5, 0.6) is 0 Å². The number of aryl methyl sites for hydroxylation is 1. The minimum atomic E-state index is -3.64. The number of hydrogen-bond acceptors (Lipinski definition) is 5. The van der Waals surface area contributed by atoms with Crippen molar-refractivity contribution in [3.63, 3.8) is 0 Å². The van der Waals surface area contributed by atoms with E-state index in [0.717, 1.165) is 27.4 Å². The van der Waals surface area contributed by atoms with Crippen molar-refractivity contribution in [1.29, 1.82) is 0 Å². The van der Waals surface area contributed by atoms with Gasteiger partial charge in [0.1, 0.15) is 5.01 Å². The van der Waals surface area contributed by atoms with E-state index in [1.807, 2.05) is 36.6 Å². The van der Waals surface area contributed by atoms with Gasteiger partial charge >= 0.3 is 0 Å². The molecule has 2 aromatic heterocycles. The maximum Gasteiger partial charge on any atom is 0.261 e. The minimum absolute atomic E-state index is 0.234. The van der Waals surface area contributed by atoms with E-state index >= 15 is 0 Å². The lowest BCUT2D eigenvalue weighted by Crippen LogP contribution is -2.12. The molecule has 2 heterocycles. The Morgan fingerprint density at radius 3 is 2.43 bits per heavy atom. The fourth-order valence-electron chi connectivity index (χ4n) is 2.71. The number of pyridine rings is 1. The summed E-state index contributed by atoms with van der Waals surface area (Å²) in [5.41, 5.74) is 4.23. The lowest BCUT2D eigenvalue weighted by atomic mass is 10.2. The van der Waals surface area contributed by atoms with E-state index in [-0.39, 0.29) is 4.90 Å². The summed E-state index contributed by atoms with van der Waals surface area (Å²) in [6, 6.07) is 17.8. The van der Waals surface area contributed by atoms with Gasteiger partial charge in [-0.3, -0.25) is 9.71 Å². The van der Waals surface area contributed by atoms with E-state index in [1.54, 1.807) is 48.8 Å². The van der Waals surface area contributed by atoms with Gasteiger partial charge in [-0.25, -0.2) is 13.4 Å². The van der Waals surface area contributed by atoms with Crippen LogP contribution in [-0.4, -0.2) is 18.4 Å². The molecule has 0 atom stereocenters. The number of nitrogens with one attached hydrogen (secondary N) is 1. The zero-order chi connectivity index (χ0) is 19.6. The first-order chi connectivity index (χ1) is 13.5. The van der Waals surface area contributed by atoms with Crippen molar-refractivity contribution in [2.75, 3.05) is 4.72 Å². The van der Waals surface area contributed by atoms with Gasteiger partial charge < -0.3 is 0 Å².